The number of aryl methyl sites for hydroxylation is 1. The smallest absolute Gasteiger partial charge is 0.320 e. The standard InChI is InChI=1S/C15H14BrFN4O/c1-9-18-7-10-8-21(5-4-13(10)19-9)15(22)20-14-3-2-11(16)6-12(14)17/h2-3,6-7H,4-5,8H2,1H3,(H,20,22). The number of benzene rings is 1. The lowest BCUT2D eigenvalue weighted by molar-refractivity contribution is 0.205. The molecule has 2 aromatic rings. The van der Waals surface area contributed by atoms with Crippen molar-refractivity contribution in [3.05, 3.63) is 51.8 Å². The maximum atomic E-state index is 13.8. The van der Waals surface area contributed by atoms with Gasteiger partial charge in [0.2, 0.25) is 0 Å². The number of fused-ring (bicyclic) bond motifs is 1. The van der Waals surface area contributed by atoms with E-state index in [0.29, 0.717) is 24.0 Å². The fourth-order valence-electron chi connectivity index (χ4n) is 2.37. The van der Waals surface area contributed by atoms with Gasteiger partial charge in [0.25, 0.3) is 0 Å². The van der Waals surface area contributed by atoms with Gasteiger partial charge in [-0.15, -0.1) is 0 Å². The summed E-state index contributed by atoms with van der Waals surface area (Å²) in [6, 6.07) is 4.20. The largest absolute Gasteiger partial charge is 0.322 e. The average molecular weight is 365 g/mol. The minimum absolute atomic E-state index is 0.166. The first-order chi connectivity index (χ1) is 10.5. The first kappa shape index (κ1) is 14.9. The van der Waals surface area contributed by atoms with Gasteiger partial charge in [-0.2, -0.15) is 0 Å². The number of anilines is 1. The van der Waals surface area contributed by atoms with Gasteiger partial charge in [-0.25, -0.2) is 19.2 Å². The van der Waals surface area contributed by atoms with Crippen molar-refractivity contribution in [2.24, 2.45) is 0 Å². The Labute approximate surface area is 135 Å². The summed E-state index contributed by atoms with van der Waals surface area (Å²) in [6.07, 6.45) is 2.42. The molecule has 0 fully saturated rings. The van der Waals surface area contributed by atoms with Gasteiger partial charge in [-0.05, 0) is 25.1 Å². The molecule has 7 heteroatoms. The van der Waals surface area contributed by atoms with Crippen LogP contribution in [0.5, 0.6) is 0 Å². The van der Waals surface area contributed by atoms with E-state index in [9.17, 15) is 9.18 Å². The van der Waals surface area contributed by atoms with Gasteiger partial charge < -0.3 is 10.2 Å². The Balaban J connectivity index is 1.72. The maximum Gasteiger partial charge on any atom is 0.322 e. The van der Waals surface area contributed by atoms with E-state index in [1.54, 1.807) is 17.2 Å². The summed E-state index contributed by atoms with van der Waals surface area (Å²) in [4.78, 5) is 22.4. The lowest BCUT2D eigenvalue weighted by Gasteiger charge is -2.28. The highest BCUT2D eigenvalue weighted by atomic mass is 79.9. The van der Waals surface area contributed by atoms with Crippen molar-refractivity contribution in [3.63, 3.8) is 0 Å². The van der Waals surface area contributed by atoms with Crippen molar-refractivity contribution in [2.45, 2.75) is 19.9 Å². The molecule has 1 aliphatic heterocycles. The van der Waals surface area contributed by atoms with Crippen molar-refractivity contribution in [2.75, 3.05) is 11.9 Å². The van der Waals surface area contributed by atoms with Gasteiger partial charge in [0.05, 0.1) is 17.9 Å². The summed E-state index contributed by atoms with van der Waals surface area (Å²) in [7, 11) is 0. The summed E-state index contributed by atoms with van der Waals surface area (Å²) in [5.41, 5.74) is 2.08. The third-order valence-electron chi connectivity index (χ3n) is 3.51. The average Bonchev–Trinajstić information content (AvgIpc) is 2.49. The molecule has 0 aliphatic carbocycles. The lowest BCUT2D eigenvalue weighted by atomic mass is 10.1. The van der Waals surface area contributed by atoms with Gasteiger partial charge >= 0.3 is 6.03 Å². The number of hydrogen-bond acceptors (Lipinski definition) is 3. The Morgan fingerprint density at radius 3 is 3.05 bits per heavy atom. The number of nitrogens with one attached hydrogen (secondary N) is 1. The fourth-order valence-corrected chi connectivity index (χ4v) is 2.71. The number of rotatable bonds is 1. The predicted octanol–water partition coefficient (Wildman–Crippen LogP) is 3.28. The topological polar surface area (TPSA) is 58.1 Å². The molecule has 0 radical (unpaired) electrons. The van der Waals surface area contributed by atoms with Crippen molar-refractivity contribution < 1.29 is 9.18 Å². The van der Waals surface area contributed by atoms with Gasteiger partial charge in [0.1, 0.15) is 11.6 Å². The van der Waals surface area contributed by atoms with Gasteiger partial charge in [0.15, 0.2) is 0 Å². The number of amides is 2. The number of hydrogen-bond donors (Lipinski definition) is 1. The van der Waals surface area contributed by atoms with Crippen LogP contribution >= 0.6 is 15.9 Å². The molecule has 0 spiro atoms. The summed E-state index contributed by atoms with van der Waals surface area (Å²) in [6.45, 7) is 2.82. The molecule has 5 nitrogen and oxygen atoms in total. The quantitative estimate of drug-likeness (QED) is 0.844. The second-order valence-electron chi connectivity index (χ2n) is 5.12. The van der Waals surface area contributed by atoms with E-state index in [1.807, 2.05) is 6.92 Å². The third-order valence-corrected chi connectivity index (χ3v) is 4.01. The molecule has 0 atom stereocenters. The van der Waals surface area contributed by atoms with Crippen LogP contribution in [0.25, 0.3) is 0 Å². The van der Waals surface area contributed by atoms with Crippen molar-refractivity contribution >= 4 is 27.6 Å². The van der Waals surface area contributed by atoms with E-state index >= 15 is 0 Å². The van der Waals surface area contributed by atoms with Gasteiger partial charge in [-0.3, -0.25) is 0 Å². The third kappa shape index (κ3) is 3.09. The molecule has 1 aromatic heterocycles. The fraction of sp³-hybridized carbons (Fsp3) is 0.267. The van der Waals surface area contributed by atoms with Crippen LogP contribution in [-0.2, 0) is 13.0 Å². The molecule has 0 saturated carbocycles. The highest BCUT2D eigenvalue weighted by Gasteiger charge is 2.22. The number of carbonyl (C=O) groups is 1. The first-order valence-electron chi connectivity index (χ1n) is 6.85. The van der Waals surface area contributed by atoms with E-state index < -0.39 is 5.82 Å². The molecule has 0 unspecified atom stereocenters. The molecule has 0 bridgehead atoms. The Bertz CT molecular complexity index is 737. The SMILES string of the molecule is Cc1ncc2c(n1)CCN(C(=O)Nc1ccc(Br)cc1F)C2. The predicted molar refractivity (Wildman–Crippen MR) is 84.0 cm³/mol. The molecule has 0 saturated heterocycles. The highest BCUT2D eigenvalue weighted by molar-refractivity contribution is 9.10. The molecule has 2 heterocycles. The lowest BCUT2D eigenvalue weighted by Crippen LogP contribution is -2.39. The zero-order valence-electron chi connectivity index (χ0n) is 11.9. The second-order valence-corrected chi connectivity index (χ2v) is 6.03. The summed E-state index contributed by atoms with van der Waals surface area (Å²) >= 11 is 3.19. The van der Waals surface area contributed by atoms with Crippen LogP contribution in [-0.4, -0.2) is 27.4 Å². The maximum absolute atomic E-state index is 13.8. The van der Waals surface area contributed by atoms with Crippen molar-refractivity contribution in [1.29, 1.82) is 0 Å². The van der Waals surface area contributed by atoms with Crippen LogP contribution in [0.1, 0.15) is 17.1 Å². The molecule has 1 N–H and O–H groups in total. The Morgan fingerprint density at radius 1 is 1.45 bits per heavy atom. The normalized spacial score (nSPS) is 13.7. The number of halogens is 2. The molecule has 3 rings (SSSR count). The Hall–Kier alpha value is -2.02. The zero-order chi connectivity index (χ0) is 15.7. The molecule has 2 amide bonds. The van der Waals surface area contributed by atoms with Crippen LogP contribution in [0, 0.1) is 12.7 Å². The minimum atomic E-state index is -0.473. The summed E-state index contributed by atoms with van der Waals surface area (Å²) in [5, 5.41) is 2.60. The van der Waals surface area contributed by atoms with Crippen LogP contribution < -0.4 is 5.32 Å². The van der Waals surface area contributed by atoms with Crippen LogP contribution in [0.2, 0.25) is 0 Å². The monoisotopic (exact) mass is 364 g/mol. The summed E-state index contributed by atoms with van der Waals surface area (Å²) in [5.74, 6) is 0.257. The molecule has 114 valence electrons. The first-order valence-corrected chi connectivity index (χ1v) is 7.64. The molecule has 1 aliphatic rings. The molecule has 1 aromatic carbocycles. The molecular weight excluding hydrogens is 351 g/mol. The van der Waals surface area contributed by atoms with Crippen molar-refractivity contribution in [1.82, 2.24) is 14.9 Å². The zero-order valence-corrected chi connectivity index (χ0v) is 13.5. The number of nitrogens with zero attached hydrogens (tertiary/aromatic N) is 3. The number of aromatic nitrogens is 2. The van der Waals surface area contributed by atoms with E-state index in [1.165, 1.54) is 12.1 Å². The Kier molecular flexibility index (Phi) is 4.06. The van der Waals surface area contributed by atoms with Crippen molar-refractivity contribution in [3.8, 4) is 0 Å². The minimum Gasteiger partial charge on any atom is -0.320 e. The highest BCUT2D eigenvalue weighted by Crippen LogP contribution is 2.21. The van der Waals surface area contributed by atoms with E-state index in [2.05, 4.69) is 31.2 Å². The van der Waals surface area contributed by atoms with Gasteiger partial charge in [-0.1, -0.05) is 15.9 Å². The van der Waals surface area contributed by atoms with Crippen LogP contribution in [0.3, 0.4) is 0 Å². The summed E-state index contributed by atoms with van der Waals surface area (Å²) < 4.78 is 14.4. The van der Waals surface area contributed by atoms with Crippen LogP contribution in [0.15, 0.2) is 28.9 Å². The van der Waals surface area contributed by atoms with Crippen LogP contribution in [0.4, 0.5) is 14.9 Å². The number of urea groups is 1. The number of carbonyl (C=O) groups excluding carboxylic acids is 1. The molecular formula is C15H14BrFN4O. The molecule has 22 heavy (non-hydrogen) atoms. The van der Waals surface area contributed by atoms with E-state index in [-0.39, 0.29) is 11.7 Å². The van der Waals surface area contributed by atoms with E-state index in [4.69, 9.17) is 0 Å². The second kappa shape index (κ2) is 6.00. The van der Waals surface area contributed by atoms with E-state index in [0.717, 1.165) is 17.1 Å². The van der Waals surface area contributed by atoms with Gasteiger partial charge in [0, 0.05) is 29.2 Å². The Morgan fingerprint density at radius 2 is 2.27 bits per heavy atom.